The number of H-pyrrole nitrogens is 2. The largest absolute Gasteiger partial charge is 0.453 e. The summed E-state index contributed by atoms with van der Waals surface area (Å²) in [5, 5.41) is 6.00. The van der Waals surface area contributed by atoms with E-state index in [4.69, 9.17) is 35.8 Å². The summed E-state index contributed by atoms with van der Waals surface area (Å²) in [5.74, 6) is 0.619. The molecule has 6 rings (SSSR count). The number of alkyl carbamates (subject to hydrolysis) is 2. The van der Waals surface area contributed by atoms with Crippen LogP contribution in [0.5, 0.6) is 0 Å². The molecule has 0 saturated carbocycles. The Balaban J connectivity index is 1.17. The Bertz CT molecular complexity index is 2150. The molecule has 4 aromatic rings. The number of benzene rings is 2. The van der Waals surface area contributed by atoms with E-state index in [1.54, 1.807) is 30.0 Å². The number of aromatic nitrogens is 4. The zero-order chi connectivity index (χ0) is 43.5. The second-order valence-electron chi connectivity index (χ2n) is 16.6. The van der Waals surface area contributed by atoms with Gasteiger partial charge in [-0.05, 0) is 40.7 Å². The van der Waals surface area contributed by atoms with Crippen LogP contribution >= 0.6 is 23.4 Å². The normalized spacial score (nSPS) is 20.2. The highest BCUT2D eigenvalue weighted by Gasteiger charge is 2.44. The third kappa shape index (κ3) is 9.60. The van der Waals surface area contributed by atoms with Crippen molar-refractivity contribution in [3.63, 3.8) is 0 Å². The minimum Gasteiger partial charge on any atom is -0.453 e. The van der Waals surface area contributed by atoms with Crippen LogP contribution in [0.3, 0.4) is 0 Å². The predicted molar refractivity (Wildman–Crippen MR) is 231 cm³/mol. The van der Waals surface area contributed by atoms with Gasteiger partial charge in [0.25, 0.3) is 0 Å². The van der Waals surface area contributed by atoms with Crippen molar-refractivity contribution in [1.82, 2.24) is 40.4 Å². The average molecular weight is 863 g/mol. The zero-order valence-corrected chi connectivity index (χ0v) is 37.1. The van der Waals surface area contributed by atoms with Gasteiger partial charge >= 0.3 is 12.2 Å². The lowest BCUT2D eigenvalue weighted by Crippen LogP contribution is -2.54. The Morgan fingerprint density at radius 3 is 1.93 bits per heavy atom. The van der Waals surface area contributed by atoms with Crippen molar-refractivity contribution in [2.75, 3.05) is 40.7 Å². The van der Waals surface area contributed by atoms with Crippen molar-refractivity contribution in [1.29, 1.82) is 0 Å². The number of carbonyl (C=O) groups excluding carboxylic acids is 4. The number of nitrogens with zero attached hydrogens (tertiary/aromatic N) is 4. The molecule has 0 unspecified atom stereocenters. The number of hydrogen-bond acceptors (Lipinski definition) is 10. The van der Waals surface area contributed by atoms with Crippen LogP contribution in [0.2, 0.25) is 5.15 Å². The molecule has 15 nitrogen and oxygen atoms in total. The smallest absolute Gasteiger partial charge is 0.407 e. The number of rotatable bonds is 12. The first-order valence-corrected chi connectivity index (χ1v) is 21.6. The summed E-state index contributed by atoms with van der Waals surface area (Å²) < 4.78 is 15.3. The molecule has 60 heavy (non-hydrogen) atoms. The summed E-state index contributed by atoms with van der Waals surface area (Å²) in [6, 6.07) is 13.8. The second kappa shape index (κ2) is 18.7. The van der Waals surface area contributed by atoms with Gasteiger partial charge in [-0.3, -0.25) is 9.59 Å². The van der Waals surface area contributed by atoms with Gasteiger partial charge in [0.15, 0.2) is 0 Å². The highest BCUT2D eigenvalue weighted by Crippen LogP contribution is 2.39. The standard InChI is InChI=1S/C43H55ClN8O7S/c1-23(2)33(48-41(55)58-7)39(53)51-21-28(57-6)18-31(51)38-47-34(36(44)50-38)27-16-12-25(13-17-27)24-10-14-26(15-11-24)30-20-45-37(46-30)32-19-29(60-9)22-52(32)40(54)35(43(3,4)5)49-42(56)59-8/h10-17,20,23,28-29,31-33,35H,18-19,21-22H2,1-9H3,(H,45,46)(H,47,50)(H,48,55)(H,49,56)/t28-,29-,31-,32-,33-,35+/m0/s1. The minimum absolute atomic E-state index is 0.170. The quantitative estimate of drug-likeness (QED) is 0.113. The van der Waals surface area contributed by atoms with Gasteiger partial charge < -0.3 is 44.6 Å². The van der Waals surface area contributed by atoms with Gasteiger partial charge in [-0.1, -0.05) is 94.8 Å². The fraction of sp³-hybridized carbons (Fsp3) is 0.488. The molecule has 2 saturated heterocycles. The minimum atomic E-state index is -0.794. The number of likely N-dealkylation sites (tertiary alicyclic amines) is 2. The van der Waals surface area contributed by atoms with Gasteiger partial charge in [0.1, 0.15) is 34.6 Å². The van der Waals surface area contributed by atoms with E-state index in [-0.39, 0.29) is 35.1 Å². The van der Waals surface area contributed by atoms with Crippen molar-refractivity contribution in [2.45, 2.75) is 83.0 Å². The third-order valence-corrected chi connectivity index (χ3v) is 12.6. The molecule has 0 spiro atoms. The number of carbonyl (C=O) groups is 4. The van der Waals surface area contributed by atoms with Crippen molar-refractivity contribution in [2.24, 2.45) is 11.3 Å². The summed E-state index contributed by atoms with van der Waals surface area (Å²) in [5.41, 5.74) is 4.59. The maximum absolute atomic E-state index is 14.0. The molecular weight excluding hydrogens is 808 g/mol. The highest BCUT2D eigenvalue weighted by atomic mass is 35.5. The van der Waals surface area contributed by atoms with Crippen molar-refractivity contribution in [3.8, 4) is 33.6 Å². The van der Waals surface area contributed by atoms with Gasteiger partial charge in [-0.2, -0.15) is 11.8 Å². The number of ether oxygens (including phenoxy) is 3. The SMILES string of the molecule is COC(=O)N[C@H](C(=O)N1C[C@@H](OC)C[C@H]1c1nc(-c2ccc(-c3ccc(-c4cnc([C@@H]5C[C@H](SC)CN5C(=O)[C@@H](NC(=O)OC)C(C)(C)C)[nH]4)cc3)cc2)c(Cl)[nH]1)C(C)C. The van der Waals surface area contributed by atoms with E-state index < -0.39 is 35.7 Å². The van der Waals surface area contributed by atoms with Crippen molar-refractivity contribution < 1.29 is 33.4 Å². The number of aromatic amines is 2. The number of halogens is 1. The molecule has 2 aromatic carbocycles. The average Bonchev–Trinajstić information content (AvgIpc) is 4.06. The Labute approximate surface area is 360 Å². The third-order valence-electron chi connectivity index (χ3n) is 11.3. The summed E-state index contributed by atoms with van der Waals surface area (Å²) in [6.45, 7) is 10.4. The van der Waals surface area contributed by atoms with Crippen LogP contribution in [-0.2, 0) is 23.8 Å². The molecule has 2 aliphatic heterocycles. The van der Waals surface area contributed by atoms with Crippen LogP contribution in [0, 0.1) is 11.3 Å². The maximum atomic E-state index is 14.0. The van der Waals surface area contributed by atoms with Gasteiger partial charge in [-0.15, -0.1) is 0 Å². The van der Waals surface area contributed by atoms with Crippen LogP contribution in [-0.4, -0.2) is 118 Å². The summed E-state index contributed by atoms with van der Waals surface area (Å²) >= 11 is 8.46. The number of nitrogens with one attached hydrogen (secondary N) is 4. The molecule has 0 radical (unpaired) electrons. The maximum Gasteiger partial charge on any atom is 0.407 e. The van der Waals surface area contributed by atoms with Gasteiger partial charge in [0, 0.05) is 37.4 Å². The molecule has 6 atom stereocenters. The fourth-order valence-corrected chi connectivity index (χ4v) is 8.78. The summed E-state index contributed by atoms with van der Waals surface area (Å²) in [6.07, 6.45) is 3.54. The number of hydrogen-bond donors (Lipinski definition) is 4. The summed E-state index contributed by atoms with van der Waals surface area (Å²) in [7, 11) is 4.16. The molecule has 322 valence electrons. The molecule has 4 N–H and O–H groups in total. The van der Waals surface area contributed by atoms with Crippen LogP contribution in [0.15, 0.2) is 54.7 Å². The van der Waals surface area contributed by atoms with Crippen LogP contribution in [0.25, 0.3) is 33.6 Å². The molecule has 4 amide bonds. The van der Waals surface area contributed by atoms with Crippen LogP contribution < -0.4 is 10.6 Å². The molecule has 17 heteroatoms. The zero-order valence-electron chi connectivity index (χ0n) is 35.5. The predicted octanol–water partition coefficient (Wildman–Crippen LogP) is 7.23. The molecule has 2 aliphatic rings. The number of methoxy groups -OCH3 is 3. The van der Waals surface area contributed by atoms with Gasteiger partial charge in [0.2, 0.25) is 11.8 Å². The van der Waals surface area contributed by atoms with E-state index in [1.165, 1.54) is 14.2 Å². The lowest BCUT2D eigenvalue weighted by atomic mass is 9.85. The Kier molecular flexibility index (Phi) is 13.9. The van der Waals surface area contributed by atoms with Gasteiger partial charge in [0.05, 0.1) is 44.3 Å². The first kappa shape index (κ1) is 44.5. The number of thioether (sulfide) groups is 1. The lowest BCUT2D eigenvalue weighted by Gasteiger charge is -2.35. The Morgan fingerprint density at radius 1 is 0.800 bits per heavy atom. The van der Waals surface area contributed by atoms with E-state index >= 15 is 0 Å². The first-order chi connectivity index (χ1) is 28.6. The van der Waals surface area contributed by atoms with E-state index in [0.29, 0.717) is 42.0 Å². The van der Waals surface area contributed by atoms with Crippen LogP contribution in [0.1, 0.15) is 71.2 Å². The number of imidazole rings is 2. The van der Waals surface area contributed by atoms with Crippen molar-refractivity contribution >= 4 is 47.4 Å². The molecular formula is C43H55ClN8O7S. The monoisotopic (exact) mass is 862 g/mol. The molecule has 4 heterocycles. The lowest BCUT2D eigenvalue weighted by molar-refractivity contribution is -0.137. The van der Waals surface area contributed by atoms with E-state index in [0.717, 1.165) is 34.4 Å². The topological polar surface area (TPSA) is 184 Å². The summed E-state index contributed by atoms with van der Waals surface area (Å²) in [4.78, 5) is 71.9. The second-order valence-corrected chi connectivity index (χ2v) is 18.1. The molecule has 0 bridgehead atoms. The first-order valence-electron chi connectivity index (χ1n) is 19.9. The van der Waals surface area contributed by atoms with E-state index in [9.17, 15) is 19.2 Å². The highest BCUT2D eigenvalue weighted by molar-refractivity contribution is 7.99. The fourth-order valence-electron chi connectivity index (χ4n) is 7.85. The van der Waals surface area contributed by atoms with Crippen LogP contribution in [0.4, 0.5) is 9.59 Å². The Morgan fingerprint density at radius 2 is 1.37 bits per heavy atom. The molecule has 2 aromatic heterocycles. The van der Waals surface area contributed by atoms with Gasteiger partial charge in [-0.25, -0.2) is 19.6 Å². The van der Waals surface area contributed by atoms with Crippen molar-refractivity contribution in [3.05, 3.63) is 71.5 Å². The number of amides is 4. The Hall–Kier alpha value is -5.06. The van der Waals surface area contributed by atoms with E-state index in [2.05, 4.69) is 20.6 Å². The van der Waals surface area contributed by atoms with E-state index in [1.807, 2.05) is 94.3 Å². The molecule has 0 aliphatic carbocycles. The molecule has 2 fully saturated rings.